The number of anilines is 2. The van der Waals surface area contributed by atoms with Gasteiger partial charge in [0.15, 0.2) is 0 Å². The maximum Gasteiger partial charge on any atom is 0.315 e. The Morgan fingerprint density at radius 2 is 1.76 bits per heavy atom. The maximum absolute atomic E-state index is 12.2. The van der Waals surface area contributed by atoms with Gasteiger partial charge in [-0.1, -0.05) is 42.5 Å². The molecule has 2 heterocycles. The van der Waals surface area contributed by atoms with Gasteiger partial charge in [-0.15, -0.1) is 0 Å². The number of hydrogen-bond acceptors (Lipinski definition) is 2. The van der Waals surface area contributed by atoms with Crippen molar-refractivity contribution in [1.82, 2.24) is 9.88 Å². The molecule has 1 aromatic heterocycles. The second-order valence-corrected chi connectivity index (χ2v) is 7.38. The van der Waals surface area contributed by atoms with Gasteiger partial charge in [0, 0.05) is 40.6 Å². The fraction of sp³-hybridized carbons (Fsp3) is 0.125. The smallest absolute Gasteiger partial charge is 0.315 e. The Balaban J connectivity index is 1.62. The van der Waals surface area contributed by atoms with Crippen LogP contribution in [0.2, 0.25) is 0 Å². The molecule has 0 saturated carbocycles. The summed E-state index contributed by atoms with van der Waals surface area (Å²) in [7, 11) is 0. The molecule has 5 heteroatoms. The summed E-state index contributed by atoms with van der Waals surface area (Å²) in [6, 6.07) is 24.0. The summed E-state index contributed by atoms with van der Waals surface area (Å²) in [4.78, 5) is 17.4. The molecule has 0 spiro atoms. The summed E-state index contributed by atoms with van der Waals surface area (Å²) >= 11 is 0. The molecule has 0 saturated heterocycles. The summed E-state index contributed by atoms with van der Waals surface area (Å²) in [6.07, 6.45) is 2.82. The van der Waals surface area contributed by atoms with Gasteiger partial charge in [-0.3, -0.25) is 0 Å². The van der Waals surface area contributed by atoms with E-state index in [0.29, 0.717) is 6.54 Å². The topological polar surface area (TPSA) is 74.2 Å². The molecule has 1 unspecified atom stereocenters. The number of carbonyl (C=O) groups is 1. The summed E-state index contributed by atoms with van der Waals surface area (Å²) < 4.78 is 0. The molecule has 29 heavy (non-hydrogen) atoms. The number of benzene rings is 3. The third kappa shape index (κ3) is 3.10. The van der Waals surface area contributed by atoms with Gasteiger partial charge in [-0.25, -0.2) is 4.79 Å². The zero-order valence-electron chi connectivity index (χ0n) is 15.9. The van der Waals surface area contributed by atoms with E-state index in [9.17, 15) is 4.79 Å². The summed E-state index contributed by atoms with van der Waals surface area (Å²) in [5.41, 5.74) is 12.3. The third-order valence-electron chi connectivity index (χ3n) is 5.64. The fourth-order valence-electron chi connectivity index (χ4n) is 4.27. The number of nitrogens with one attached hydrogen (secondary N) is 2. The van der Waals surface area contributed by atoms with Crippen LogP contribution in [-0.2, 0) is 6.42 Å². The van der Waals surface area contributed by atoms with Crippen LogP contribution >= 0.6 is 0 Å². The average molecular weight is 382 g/mol. The normalized spacial score (nSPS) is 15.9. The SMILES string of the molecule is NC(=O)N1CCc2ccccc2C1c1c[nH]c2ccc(Nc3ccccc3)cc12. The maximum atomic E-state index is 12.2. The molecule has 4 N–H and O–H groups in total. The molecular weight excluding hydrogens is 360 g/mol. The number of nitrogens with zero attached hydrogens (tertiary/aromatic N) is 1. The lowest BCUT2D eigenvalue weighted by Gasteiger charge is -2.36. The van der Waals surface area contributed by atoms with Crippen LogP contribution in [0.25, 0.3) is 10.9 Å². The highest BCUT2D eigenvalue weighted by Crippen LogP contribution is 2.39. The molecule has 1 aliphatic rings. The number of nitrogens with two attached hydrogens (primary N) is 1. The lowest BCUT2D eigenvalue weighted by Crippen LogP contribution is -2.43. The van der Waals surface area contributed by atoms with Gasteiger partial charge in [-0.2, -0.15) is 0 Å². The number of rotatable bonds is 3. The molecule has 5 rings (SSSR count). The second kappa shape index (κ2) is 7.02. The predicted molar refractivity (Wildman–Crippen MR) is 116 cm³/mol. The first-order chi connectivity index (χ1) is 14.2. The van der Waals surface area contributed by atoms with Crippen molar-refractivity contribution in [3.8, 4) is 0 Å². The molecule has 3 aromatic carbocycles. The quantitative estimate of drug-likeness (QED) is 0.470. The molecule has 0 bridgehead atoms. The van der Waals surface area contributed by atoms with E-state index >= 15 is 0 Å². The number of fused-ring (bicyclic) bond motifs is 2. The Bertz CT molecular complexity index is 1180. The van der Waals surface area contributed by atoms with E-state index in [4.69, 9.17) is 5.73 Å². The molecule has 1 atom stereocenters. The van der Waals surface area contributed by atoms with Crippen LogP contribution in [0.1, 0.15) is 22.7 Å². The van der Waals surface area contributed by atoms with Crippen molar-refractivity contribution in [2.24, 2.45) is 5.73 Å². The van der Waals surface area contributed by atoms with E-state index in [-0.39, 0.29) is 6.04 Å². The van der Waals surface area contributed by atoms with Gasteiger partial charge < -0.3 is 20.9 Å². The van der Waals surface area contributed by atoms with Crippen LogP contribution < -0.4 is 11.1 Å². The van der Waals surface area contributed by atoms with Crippen LogP contribution in [0.3, 0.4) is 0 Å². The highest BCUT2D eigenvalue weighted by atomic mass is 16.2. The number of para-hydroxylation sites is 1. The van der Waals surface area contributed by atoms with Crippen LogP contribution in [0, 0.1) is 0 Å². The Labute approximate surface area is 169 Å². The summed E-state index contributed by atoms with van der Waals surface area (Å²) in [5, 5.41) is 4.53. The zero-order chi connectivity index (χ0) is 19.8. The summed E-state index contributed by atoms with van der Waals surface area (Å²) in [6.45, 7) is 0.617. The molecular formula is C24H22N4O. The van der Waals surface area contributed by atoms with Crippen molar-refractivity contribution in [2.45, 2.75) is 12.5 Å². The molecule has 144 valence electrons. The molecule has 0 fully saturated rings. The fourth-order valence-corrected chi connectivity index (χ4v) is 4.27. The van der Waals surface area contributed by atoms with Gasteiger partial charge in [0.2, 0.25) is 0 Å². The lowest BCUT2D eigenvalue weighted by atomic mass is 9.88. The van der Waals surface area contributed by atoms with Gasteiger partial charge in [-0.05, 0) is 47.9 Å². The van der Waals surface area contributed by atoms with E-state index < -0.39 is 6.03 Å². The van der Waals surface area contributed by atoms with Crippen LogP contribution in [0.15, 0.2) is 79.0 Å². The van der Waals surface area contributed by atoms with E-state index in [1.807, 2.05) is 48.7 Å². The first-order valence-electron chi connectivity index (χ1n) is 9.78. The van der Waals surface area contributed by atoms with E-state index in [0.717, 1.165) is 39.8 Å². The number of carbonyl (C=O) groups excluding carboxylic acids is 1. The van der Waals surface area contributed by atoms with E-state index in [1.54, 1.807) is 4.90 Å². The Kier molecular flexibility index (Phi) is 4.21. The minimum atomic E-state index is -0.391. The third-order valence-corrected chi connectivity index (χ3v) is 5.64. The van der Waals surface area contributed by atoms with Gasteiger partial charge in [0.05, 0.1) is 6.04 Å². The zero-order valence-corrected chi connectivity index (χ0v) is 15.9. The molecule has 1 aliphatic heterocycles. The Morgan fingerprint density at radius 3 is 2.59 bits per heavy atom. The highest BCUT2D eigenvalue weighted by molar-refractivity contribution is 5.89. The predicted octanol–water partition coefficient (Wildman–Crippen LogP) is 4.94. The van der Waals surface area contributed by atoms with Gasteiger partial charge >= 0.3 is 6.03 Å². The average Bonchev–Trinajstić information content (AvgIpc) is 3.16. The van der Waals surface area contributed by atoms with Gasteiger partial charge in [0.25, 0.3) is 0 Å². The van der Waals surface area contributed by atoms with Crippen molar-refractivity contribution in [1.29, 1.82) is 0 Å². The molecule has 4 aromatic rings. The first kappa shape index (κ1) is 17.4. The number of aromatic amines is 1. The van der Waals surface area contributed by atoms with E-state index in [1.165, 1.54) is 5.56 Å². The monoisotopic (exact) mass is 382 g/mol. The molecule has 0 radical (unpaired) electrons. The standard InChI is InChI=1S/C24H22N4O/c25-24(29)28-13-12-16-6-4-5-9-19(16)23(28)21-15-26-22-11-10-18(14-20(21)22)27-17-7-2-1-3-8-17/h1-11,14-15,23,26-27H,12-13H2,(H2,25,29). The number of primary amides is 1. The minimum absolute atomic E-state index is 0.196. The molecule has 2 amide bonds. The summed E-state index contributed by atoms with van der Waals surface area (Å²) in [5.74, 6) is 0. The number of amides is 2. The Morgan fingerprint density at radius 1 is 0.966 bits per heavy atom. The van der Waals surface area contributed by atoms with Crippen LogP contribution in [-0.4, -0.2) is 22.5 Å². The van der Waals surface area contributed by atoms with Crippen molar-refractivity contribution < 1.29 is 4.79 Å². The second-order valence-electron chi connectivity index (χ2n) is 7.38. The molecule has 5 nitrogen and oxygen atoms in total. The van der Waals surface area contributed by atoms with Crippen LogP contribution in [0.4, 0.5) is 16.2 Å². The van der Waals surface area contributed by atoms with Crippen molar-refractivity contribution in [3.63, 3.8) is 0 Å². The van der Waals surface area contributed by atoms with Crippen molar-refractivity contribution >= 4 is 28.3 Å². The Hall–Kier alpha value is -3.73. The number of urea groups is 1. The highest BCUT2D eigenvalue weighted by Gasteiger charge is 2.32. The largest absolute Gasteiger partial charge is 0.361 e. The first-order valence-corrected chi connectivity index (χ1v) is 9.78. The number of aromatic nitrogens is 1. The van der Waals surface area contributed by atoms with Crippen molar-refractivity contribution in [2.75, 3.05) is 11.9 Å². The minimum Gasteiger partial charge on any atom is -0.361 e. The number of hydrogen-bond donors (Lipinski definition) is 3. The van der Waals surface area contributed by atoms with E-state index in [2.05, 4.69) is 40.6 Å². The lowest BCUT2D eigenvalue weighted by molar-refractivity contribution is 0.190. The number of H-pyrrole nitrogens is 1. The van der Waals surface area contributed by atoms with Gasteiger partial charge in [0.1, 0.15) is 0 Å². The molecule has 0 aliphatic carbocycles. The van der Waals surface area contributed by atoms with Crippen LogP contribution in [0.5, 0.6) is 0 Å². The van der Waals surface area contributed by atoms with Crippen molar-refractivity contribution in [3.05, 3.63) is 95.7 Å².